The summed E-state index contributed by atoms with van der Waals surface area (Å²) in [4.78, 5) is 14.4. The molecule has 112 valence electrons. The first-order chi connectivity index (χ1) is 10.2. The Morgan fingerprint density at radius 1 is 1.52 bits per heavy atom. The van der Waals surface area contributed by atoms with Crippen LogP contribution < -0.4 is 0 Å². The minimum absolute atomic E-state index is 0.0252. The normalized spacial score (nSPS) is 19.0. The number of nitrogens with one attached hydrogen (secondary N) is 1. The van der Waals surface area contributed by atoms with E-state index in [1.165, 1.54) is 6.26 Å². The molecule has 3 rings (SSSR count). The van der Waals surface area contributed by atoms with E-state index >= 15 is 0 Å². The fourth-order valence-corrected chi connectivity index (χ4v) is 2.78. The lowest BCUT2D eigenvalue weighted by Gasteiger charge is -2.36. The molecule has 2 aromatic rings. The average Bonchev–Trinajstić information content (AvgIpc) is 3.09. The molecule has 1 unspecified atom stereocenters. The number of hydrogen-bond acceptors (Lipinski definition) is 5. The van der Waals surface area contributed by atoms with E-state index in [1.807, 2.05) is 18.7 Å². The van der Waals surface area contributed by atoms with Gasteiger partial charge in [-0.2, -0.15) is 5.10 Å². The molecule has 1 aliphatic heterocycles. The van der Waals surface area contributed by atoms with E-state index < -0.39 is 0 Å². The van der Waals surface area contributed by atoms with Gasteiger partial charge in [-0.25, -0.2) is 0 Å². The van der Waals surface area contributed by atoms with Crippen LogP contribution in [0.25, 0.3) is 0 Å². The van der Waals surface area contributed by atoms with Gasteiger partial charge in [0.25, 0.3) is 0 Å². The third kappa shape index (κ3) is 2.69. The summed E-state index contributed by atoms with van der Waals surface area (Å²) in [5.41, 5.74) is 3.57. The molecule has 1 N–H and O–H groups in total. The summed E-state index contributed by atoms with van der Waals surface area (Å²) >= 11 is 0. The van der Waals surface area contributed by atoms with Crippen molar-refractivity contribution in [2.75, 3.05) is 19.8 Å². The molecule has 7 nitrogen and oxygen atoms in total. The van der Waals surface area contributed by atoms with Gasteiger partial charge in [0, 0.05) is 23.9 Å². The number of carbonyl (C=O) groups excluding carboxylic acids is 1. The Balaban J connectivity index is 1.83. The Bertz CT molecular complexity index is 601. The average molecular weight is 290 g/mol. The van der Waals surface area contributed by atoms with E-state index in [9.17, 15) is 4.79 Å². The molecule has 0 spiro atoms. The van der Waals surface area contributed by atoms with Gasteiger partial charge in [-0.3, -0.25) is 9.89 Å². The maximum atomic E-state index is 12.6. The lowest BCUT2D eigenvalue weighted by molar-refractivity contribution is -0.139. The first-order valence-electron chi connectivity index (χ1n) is 6.94. The zero-order valence-corrected chi connectivity index (χ0v) is 12.1. The molecule has 0 saturated carbocycles. The molecule has 21 heavy (non-hydrogen) atoms. The van der Waals surface area contributed by atoms with Gasteiger partial charge in [-0.1, -0.05) is 5.16 Å². The van der Waals surface area contributed by atoms with Crippen LogP contribution in [0.4, 0.5) is 0 Å². The minimum atomic E-state index is -0.100. The SMILES string of the molecule is Cc1n[nH]c(C)c1C1COCCN1C(=O)Cc1ccon1. The highest BCUT2D eigenvalue weighted by molar-refractivity contribution is 5.79. The van der Waals surface area contributed by atoms with Crippen molar-refractivity contribution in [3.05, 3.63) is 35.0 Å². The second kappa shape index (κ2) is 5.69. The predicted molar refractivity (Wildman–Crippen MR) is 73.5 cm³/mol. The Morgan fingerprint density at radius 3 is 3.05 bits per heavy atom. The van der Waals surface area contributed by atoms with Crippen LogP contribution in [0.15, 0.2) is 16.9 Å². The van der Waals surface area contributed by atoms with Crippen molar-refractivity contribution in [1.82, 2.24) is 20.3 Å². The molecule has 3 heterocycles. The van der Waals surface area contributed by atoms with Crippen LogP contribution in [0.2, 0.25) is 0 Å². The fourth-order valence-electron chi connectivity index (χ4n) is 2.78. The van der Waals surface area contributed by atoms with Crippen molar-refractivity contribution >= 4 is 5.91 Å². The maximum absolute atomic E-state index is 12.6. The van der Waals surface area contributed by atoms with Crippen LogP contribution >= 0.6 is 0 Å². The Hall–Kier alpha value is -2.15. The summed E-state index contributed by atoms with van der Waals surface area (Å²) in [6.45, 7) is 5.52. The van der Waals surface area contributed by atoms with Crippen molar-refractivity contribution in [2.24, 2.45) is 0 Å². The molecule has 0 aliphatic carbocycles. The topological polar surface area (TPSA) is 84.2 Å². The zero-order valence-electron chi connectivity index (χ0n) is 12.1. The number of carbonyl (C=O) groups is 1. The van der Waals surface area contributed by atoms with E-state index in [1.54, 1.807) is 6.07 Å². The van der Waals surface area contributed by atoms with E-state index in [-0.39, 0.29) is 18.4 Å². The van der Waals surface area contributed by atoms with Crippen LogP contribution in [-0.2, 0) is 16.0 Å². The Morgan fingerprint density at radius 2 is 2.38 bits per heavy atom. The smallest absolute Gasteiger partial charge is 0.229 e. The Labute approximate surface area is 122 Å². The van der Waals surface area contributed by atoms with Gasteiger partial charge in [-0.15, -0.1) is 0 Å². The van der Waals surface area contributed by atoms with Gasteiger partial charge < -0.3 is 14.2 Å². The first kappa shape index (κ1) is 13.8. The summed E-state index contributed by atoms with van der Waals surface area (Å²) in [7, 11) is 0. The standard InChI is InChI=1S/C14H18N4O3/c1-9-14(10(2)16-15-9)12-8-20-6-4-18(12)13(19)7-11-3-5-21-17-11/h3,5,12H,4,6-8H2,1-2H3,(H,15,16). The first-order valence-corrected chi connectivity index (χ1v) is 6.94. The van der Waals surface area contributed by atoms with E-state index in [0.29, 0.717) is 25.5 Å². The van der Waals surface area contributed by atoms with Crippen molar-refractivity contribution < 1.29 is 14.1 Å². The number of aromatic amines is 1. The third-order valence-corrected chi connectivity index (χ3v) is 3.79. The molecule has 1 fully saturated rings. The molecule has 7 heteroatoms. The second-order valence-electron chi connectivity index (χ2n) is 5.19. The van der Waals surface area contributed by atoms with Crippen molar-refractivity contribution in [1.29, 1.82) is 0 Å². The zero-order chi connectivity index (χ0) is 14.8. The van der Waals surface area contributed by atoms with Crippen LogP contribution in [0, 0.1) is 13.8 Å². The lowest BCUT2D eigenvalue weighted by Crippen LogP contribution is -2.44. The molecule has 1 atom stereocenters. The largest absolute Gasteiger partial charge is 0.377 e. The van der Waals surface area contributed by atoms with Crippen LogP contribution in [0.5, 0.6) is 0 Å². The van der Waals surface area contributed by atoms with Crippen LogP contribution in [0.1, 0.15) is 28.7 Å². The molecule has 1 saturated heterocycles. The lowest BCUT2D eigenvalue weighted by atomic mass is 10.0. The van der Waals surface area contributed by atoms with Gasteiger partial charge in [0.2, 0.25) is 5.91 Å². The van der Waals surface area contributed by atoms with Crippen LogP contribution in [0.3, 0.4) is 0 Å². The van der Waals surface area contributed by atoms with Gasteiger partial charge in [-0.05, 0) is 13.8 Å². The molecule has 2 aromatic heterocycles. The number of hydrogen-bond donors (Lipinski definition) is 1. The van der Waals surface area contributed by atoms with E-state index in [4.69, 9.17) is 9.26 Å². The number of rotatable bonds is 3. The second-order valence-corrected chi connectivity index (χ2v) is 5.19. The molecule has 1 amide bonds. The molecular weight excluding hydrogens is 272 g/mol. The number of H-pyrrole nitrogens is 1. The molecule has 0 aromatic carbocycles. The molecule has 0 bridgehead atoms. The number of aromatic nitrogens is 3. The van der Waals surface area contributed by atoms with Gasteiger partial charge in [0.15, 0.2) is 0 Å². The molecule has 1 aliphatic rings. The fraction of sp³-hybridized carbons (Fsp3) is 0.500. The monoisotopic (exact) mass is 290 g/mol. The summed E-state index contributed by atoms with van der Waals surface area (Å²) in [6.07, 6.45) is 1.72. The highest BCUT2D eigenvalue weighted by Gasteiger charge is 2.32. The summed E-state index contributed by atoms with van der Waals surface area (Å²) < 4.78 is 10.3. The predicted octanol–water partition coefficient (Wildman–Crippen LogP) is 1.16. The van der Waals surface area contributed by atoms with Gasteiger partial charge >= 0.3 is 0 Å². The highest BCUT2D eigenvalue weighted by atomic mass is 16.5. The van der Waals surface area contributed by atoms with E-state index in [0.717, 1.165) is 17.0 Å². The number of morpholine rings is 1. The number of aryl methyl sites for hydroxylation is 2. The maximum Gasteiger partial charge on any atom is 0.229 e. The highest BCUT2D eigenvalue weighted by Crippen LogP contribution is 2.28. The quantitative estimate of drug-likeness (QED) is 0.917. The molecular formula is C14H18N4O3. The number of amides is 1. The number of ether oxygens (including phenoxy) is 1. The van der Waals surface area contributed by atoms with Crippen molar-refractivity contribution in [3.8, 4) is 0 Å². The third-order valence-electron chi connectivity index (χ3n) is 3.79. The van der Waals surface area contributed by atoms with Crippen molar-refractivity contribution in [3.63, 3.8) is 0 Å². The molecule has 0 radical (unpaired) electrons. The Kier molecular flexibility index (Phi) is 3.74. The summed E-state index contributed by atoms with van der Waals surface area (Å²) in [6, 6.07) is 1.61. The number of nitrogens with zero attached hydrogens (tertiary/aromatic N) is 3. The van der Waals surface area contributed by atoms with Gasteiger partial charge in [0.1, 0.15) is 6.26 Å². The van der Waals surface area contributed by atoms with Gasteiger partial charge in [0.05, 0.1) is 37.1 Å². The van der Waals surface area contributed by atoms with E-state index in [2.05, 4.69) is 15.4 Å². The van der Waals surface area contributed by atoms with Crippen molar-refractivity contribution in [2.45, 2.75) is 26.3 Å². The van der Waals surface area contributed by atoms with Crippen LogP contribution in [-0.4, -0.2) is 45.9 Å². The summed E-state index contributed by atoms with van der Waals surface area (Å²) in [5, 5.41) is 11.0. The minimum Gasteiger partial charge on any atom is -0.377 e. The summed E-state index contributed by atoms with van der Waals surface area (Å²) in [5.74, 6) is 0.0252.